The minimum atomic E-state index is 1.20. The standard InChI is InChI=1S/C11H14.C2H6/c1-3-7-10(4-2)11-8-5-6-9-11;1-2/h3-4,7-8H,1-2,5-6,9H2;1-2H3/b10-7+;. The van der Waals surface area contributed by atoms with E-state index >= 15 is 0 Å². The Morgan fingerprint density at radius 3 is 2.46 bits per heavy atom. The summed E-state index contributed by atoms with van der Waals surface area (Å²) in [7, 11) is 0. The lowest BCUT2D eigenvalue weighted by Crippen LogP contribution is -1.80. The minimum Gasteiger partial charge on any atom is -0.0990 e. The van der Waals surface area contributed by atoms with E-state index in [1.807, 2.05) is 32.1 Å². The van der Waals surface area contributed by atoms with E-state index in [-0.39, 0.29) is 0 Å². The molecular formula is C13H20. The molecule has 0 heteroatoms. The average Bonchev–Trinajstić information content (AvgIpc) is 2.70. The van der Waals surface area contributed by atoms with Crippen LogP contribution < -0.4 is 0 Å². The molecule has 0 saturated carbocycles. The summed E-state index contributed by atoms with van der Waals surface area (Å²) in [5.74, 6) is 0. The van der Waals surface area contributed by atoms with Crippen LogP contribution in [0.25, 0.3) is 0 Å². The van der Waals surface area contributed by atoms with Crippen LogP contribution in [0.15, 0.2) is 48.6 Å². The molecule has 0 aromatic carbocycles. The van der Waals surface area contributed by atoms with Crippen LogP contribution in [0.4, 0.5) is 0 Å². The van der Waals surface area contributed by atoms with E-state index in [0.29, 0.717) is 0 Å². The van der Waals surface area contributed by atoms with Gasteiger partial charge >= 0.3 is 0 Å². The van der Waals surface area contributed by atoms with Crippen molar-refractivity contribution in [2.24, 2.45) is 0 Å². The lowest BCUT2D eigenvalue weighted by Gasteiger charge is -1.99. The van der Waals surface area contributed by atoms with Crippen molar-refractivity contribution < 1.29 is 0 Å². The quantitative estimate of drug-likeness (QED) is 0.558. The first-order valence-electron chi connectivity index (χ1n) is 5.03. The Labute approximate surface area is 82.4 Å². The topological polar surface area (TPSA) is 0 Å². The first-order valence-corrected chi connectivity index (χ1v) is 5.03. The van der Waals surface area contributed by atoms with E-state index in [0.717, 1.165) is 0 Å². The molecule has 0 spiro atoms. The summed E-state index contributed by atoms with van der Waals surface area (Å²) in [6.45, 7) is 11.4. The molecule has 0 nitrogen and oxygen atoms in total. The fourth-order valence-corrected chi connectivity index (χ4v) is 1.37. The molecule has 0 saturated heterocycles. The van der Waals surface area contributed by atoms with Gasteiger partial charge in [0.2, 0.25) is 0 Å². The third-order valence-electron chi connectivity index (χ3n) is 1.93. The third kappa shape index (κ3) is 3.93. The average molecular weight is 176 g/mol. The first-order chi connectivity index (χ1) is 6.38. The number of rotatable bonds is 3. The molecule has 0 amide bonds. The number of allylic oxidation sites excluding steroid dienone is 6. The summed E-state index contributed by atoms with van der Waals surface area (Å²) in [6, 6.07) is 0. The lowest BCUT2D eigenvalue weighted by molar-refractivity contribution is 0.912. The van der Waals surface area contributed by atoms with Crippen molar-refractivity contribution in [3.63, 3.8) is 0 Å². The molecule has 1 rings (SSSR count). The number of hydrogen-bond donors (Lipinski definition) is 0. The molecule has 0 unspecified atom stereocenters. The summed E-state index contributed by atoms with van der Waals surface area (Å²) < 4.78 is 0. The van der Waals surface area contributed by atoms with Crippen molar-refractivity contribution in [2.75, 3.05) is 0 Å². The smallest absolute Gasteiger partial charge is 0.0234 e. The van der Waals surface area contributed by atoms with Crippen LogP contribution in [0.2, 0.25) is 0 Å². The van der Waals surface area contributed by atoms with Crippen molar-refractivity contribution in [3.8, 4) is 0 Å². The van der Waals surface area contributed by atoms with Gasteiger partial charge in [-0.3, -0.25) is 0 Å². The third-order valence-corrected chi connectivity index (χ3v) is 1.93. The van der Waals surface area contributed by atoms with Gasteiger partial charge in [-0.1, -0.05) is 51.3 Å². The van der Waals surface area contributed by atoms with Gasteiger partial charge in [0.15, 0.2) is 0 Å². The van der Waals surface area contributed by atoms with E-state index in [2.05, 4.69) is 19.2 Å². The van der Waals surface area contributed by atoms with Gasteiger partial charge in [0.1, 0.15) is 0 Å². The van der Waals surface area contributed by atoms with Crippen molar-refractivity contribution in [2.45, 2.75) is 33.1 Å². The molecule has 13 heavy (non-hydrogen) atoms. The fraction of sp³-hybridized carbons (Fsp3) is 0.385. The zero-order valence-electron chi connectivity index (χ0n) is 8.84. The summed E-state index contributed by atoms with van der Waals surface area (Å²) in [4.78, 5) is 0. The molecule has 0 radical (unpaired) electrons. The van der Waals surface area contributed by atoms with Crippen molar-refractivity contribution >= 4 is 0 Å². The summed E-state index contributed by atoms with van der Waals surface area (Å²) in [6.07, 6.45) is 11.7. The normalized spacial score (nSPS) is 15.5. The Balaban J connectivity index is 0.000000671. The first kappa shape index (κ1) is 12.0. The maximum Gasteiger partial charge on any atom is -0.0234 e. The van der Waals surface area contributed by atoms with E-state index in [1.165, 1.54) is 30.4 Å². The Morgan fingerprint density at radius 1 is 1.38 bits per heavy atom. The van der Waals surface area contributed by atoms with Crippen LogP contribution >= 0.6 is 0 Å². The Bertz CT molecular complexity index is 216. The van der Waals surface area contributed by atoms with Crippen LogP contribution in [-0.2, 0) is 0 Å². The molecule has 1 aliphatic rings. The van der Waals surface area contributed by atoms with Crippen LogP contribution in [0.3, 0.4) is 0 Å². The van der Waals surface area contributed by atoms with Crippen molar-refractivity contribution in [1.82, 2.24) is 0 Å². The predicted molar refractivity (Wildman–Crippen MR) is 61.8 cm³/mol. The molecule has 72 valence electrons. The lowest BCUT2D eigenvalue weighted by atomic mass is 10.1. The highest BCUT2D eigenvalue weighted by Crippen LogP contribution is 2.24. The van der Waals surface area contributed by atoms with E-state index in [9.17, 15) is 0 Å². The van der Waals surface area contributed by atoms with Crippen LogP contribution in [0, 0.1) is 0 Å². The second-order valence-corrected chi connectivity index (χ2v) is 2.68. The van der Waals surface area contributed by atoms with Gasteiger partial charge in [-0.05, 0) is 30.4 Å². The highest BCUT2D eigenvalue weighted by atomic mass is 14.1. The largest absolute Gasteiger partial charge is 0.0990 e. The van der Waals surface area contributed by atoms with Gasteiger partial charge in [-0.25, -0.2) is 0 Å². The molecule has 0 bridgehead atoms. The minimum absolute atomic E-state index is 1.20. The Kier molecular flexibility index (Phi) is 6.99. The van der Waals surface area contributed by atoms with Crippen LogP contribution in [0.5, 0.6) is 0 Å². The maximum absolute atomic E-state index is 3.77. The van der Waals surface area contributed by atoms with Gasteiger partial charge in [0, 0.05) is 0 Å². The predicted octanol–water partition coefficient (Wildman–Crippen LogP) is 4.42. The molecule has 0 heterocycles. The van der Waals surface area contributed by atoms with Gasteiger partial charge < -0.3 is 0 Å². The van der Waals surface area contributed by atoms with E-state index in [1.54, 1.807) is 0 Å². The maximum atomic E-state index is 3.77. The molecule has 1 aliphatic carbocycles. The van der Waals surface area contributed by atoms with Gasteiger partial charge in [0.05, 0.1) is 0 Å². The monoisotopic (exact) mass is 176 g/mol. The Morgan fingerprint density at radius 2 is 2.08 bits per heavy atom. The second kappa shape index (κ2) is 7.60. The molecule has 0 fully saturated rings. The SMILES string of the molecule is C=C/C=C(\C=C)C1=CCCC1.CC. The van der Waals surface area contributed by atoms with Crippen molar-refractivity contribution in [1.29, 1.82) is 0 Å². The molecular weight excluding hydrogens is 156 g/mol. The summed E-state index contributed by atoms with van der Waals surface area (Å²) >= 11 is 0. The second-order valence-electron chi connectivity index (χ2n) is 2.68. The summed E-state index contributed by atoms with van der Waals surface area (Å²) in [5, 5.41) is 0. The van der Waals surface area contributed by atoms with Gasteiger partial charge in [0.25, 0.3) is 0 Å². The number of hydrogen-bond acceptors (Lipinski definition) is 0. The van der Waals surface area contributed by atoms with Crippen LogP contribution in [0.1, 0.15) is 33.1 Å². The molecule has 0 aliphatic heterocycles. The van der Waals surface area contributed by atoms with Gasteiger partial charge in [-0.15, -0.1) is 0 Å². The van der Waals surface area contributed by atoms with Crippen molar-refractivity contribution in [3.05, 3.63) is 48.6 Å². The molecule has 0 N–H and O–H groups in total. The zero-order chi connectivity index (χ0) is 10.1. The van der Waals surface area contributed by atoms with E-state index in [4.69, 9.17) is 0 Å². The van der Waals surface area contributed by atoms with E-state index < -0.39 is 0 Å². The zero-order valence-corrected chi connectivity index (χ0v) is 8.84. The molecule has 0 aromatic rings. The van der Waals surface area contributed by atoms with Gasteiger partial charge in [-0.2, -0.15) is 0 Å². The van der Waals surface area contributed by atoms with Crippen LogP contribution in [-0.4, -0.2) is 0 Å². The molecule has 0 aromatic heterocycles. The summed E-state index contributed by atoms with van der Waals surface area (Å²) in [5.41, 5.74) is 2.66. The highest BCUT2D eigenvalue weighted by Gasteiger charge is 2.05. The Hall–Kier alpha value is -1.04. The highest BCUT2D eigenvalue weighted by molar-refractivity contribution is 5.42. The molecule has 0 atom stereocenters. The fourth-order valence-electron chi connectivity index (χ4n) is 1.37.